The van der Waals surface area contributed by atoms with E-state index in [1.54, 1.807) is 11.3 Å². The lowest BCUT2D eigenvalue weighted by atomic mass is 10.1. The minimum atomic E-state index is 0.441. The lowest BCUT2D eigenvalue weighted by molar-refractivity contribution is 0.625. The second-order valence-electron chi connectivity index (χ2n) is 3.96. The summed E-state index contributed by atoms with van der Waals surface area (Å²) in [7, 11) is 0. The van der Waals surface area contributed by atoms with E-state index in [0.717, 1.165) is 21.5 Å². The second-order valence-corrected chi connectivity index (χ2v) is 5.68. The first-order valence-corrected chi connectivity index (χ1v) is 6.57. The van der Waals surface area contributed by atoms with E-state index in [2.05, 4.69) is 21.6 Å². The van der Waals surface area contributed by atoms with Crippen molar-refractivity contribution in [3.8, 4) is 10.6 Å². The first-order valence-electron chi connectivity index (χ1n) is 5.37. The van der Waals surface area contributed by atoms with Crippen molar-refractivity contribution in [2.45, 2.75) is 18.9 Å². The zero-order valence-electron chi connectivity index (χ0n) is 8.66. The number of aromatic amines is 1. The van der Waals surface area contributed by atoms with Gasteiger partial charge in [-0.2, -0.15) is 5.10 Å². The van der Waals surface area contributed by atoms with E-state index in [0.29, 0.717) is 6.04 Å². The Bertz CT molecular complexity index is 485. The predicted octanol–water partition coefficient (Wildman–Crippen LogP) is 3.22. The molecule has 1 unspecified atom stereocenters. The van der Waals surface area contributed by atoms with Crippen LogP contribution in [0.1, 0.15) is 24.6 Å². The summed E-state index contributed by atoms with van der Waals surface area (Å²) in [5, 5.41) is 10.9. The third-order valence-electron chi connectivity index (χ3n) is 2.86. The smallest absolute Gasteiger partial charge is 0.102 e. The van der Waals surface area contributed by atoms with Gasteiger partial charge in [-0.3, -0.25) is 5.10 Å². The van der Waals surface area contributed by atoms with Crippen LogP contribution in [-0.2, 0) is 0 Å². The number of thiophene rings is 1. The Morgan fingerprint density at radius 1 is 1.44 bits per heavy atom. The SMILES string of the molecule is Clc1ccc(-c2cc(C3CCCN3)[nH]n2)s1. The van der Waals surface area contributed by atoms with Crippen LogP contribution in [0.4, 0.5) is 0 Å². The summed E-state index contributed by atoms with van der Waals surface area (Å²) in [4.78, 5) is 1.12. The molecule has 3 rings (SSSR count). The second kappa shape index (κ2) is 4.20. The van der Waals surface area contributed by atoms with Crippen molar-refractivity contribution in [3.63, 3.8) is 0 Å². The van der Waals surface area contributed by atoms with Crippen LogP contribution in [-0.4, -0.2) is 16.7 Å². The summed E-state index contributed by atoms with van der Waals surface area (Å²) in [5.74, 6) is 0. The number of hydrogen-bond acceptors (Lipinski definition) is 3. The highest BCUT2D eigenvalue weighted by Crippen LogP contribution is 2.31. The molecule has 2 aromatic heterocycles. The molecule has 2 aromatic rings. The number of aromatic nitrogens is 2. The van der Waals surface area contributed by atoms with Crippen LogP contribution >= 0.6 is 22.9 Å². The Labute approximate surface area is 103 Å². The molecule has 16 heavy (non-hydrogen) atoms. The van der Waals surface area contributed by atoms with Crippen LogP contribution in [0.25, 0.3) is 10.6 Å². The maximum Gasteiger partial charge on any atom is 0.102 e. The molecule has 1 atom stereocenters. The van der Waals surface area contributed by atoms with Gasteiger partial charge in [-0.05, 0) is 37.6 Å². The first kappa shape index (κ1) is 10.3. The van der Waals surface area contributed by atoms with Crippen molar-refractivity contribution in [2.75, 3.05) is 6.54 Å². The van der Waals surface area contributed by atoms with E-state index in [4.69, 9.17) is 11.6 Å². The molecule has 3 heterocycles. The molecule has 1 fully saturated rings. The summed E-state index contributed by atoms with van der Waals surface area (Å²) in [6.07, 6.45) is 2.43. The van der Waals surface area contributed by atoms with Crippen molar-refractivity contribution >= 4 is 22.9 Å². The quantitative estimate of drug-likeness (QED) is 0.863. The van der Waals surface area contributed by atoms with Gasteiger partial charge in [-0.25, -0.2) is 0 Å². The van der Waals surface area contributed by atoms with Crippen LogP contribution in [0.3, 0.4) is 0 Å². The topological polar surface area (TPSA) is 40.7 Å². The Morgan fingerprint density at radius 3 is 3.06 bits per heavy atom. The summed E-state index contributed by atoms with van der Waals surface area (Å²) in [6.45, 7) is 1.10. The maximum atomic E-state index is 5.91. The van der Waals surface area contributed by atoms with Crippen LogP contribution < -0.4 is 5.32 Å². The first-order chi connectivity index (χ1) is 7.83. The molecule has 0 amide bonds. The van der Waals surface area contributed by atoms with Gasteiger partial charge in [-0.1, -0.05) is 11.6 Å². The van der Waals surface area contributed by atoms with Gasteiger partial charge in [0.15, 0.2) is 0 Å². The van der Waals surface area contributed by atoms with Gasteiger partial charge in [0.2, 0.25) is 0 Å². The average molecular weight is 254 g/mol. The molecule has 0 bridgehead atoms. The van der Waals surface area contributed by atoms with E-state index in [1.165, 1.54) is 18.5 Å². The van der Waals surface area contributed by atoms with Gasteiger partial charge in [0.05, 0.1) is 14.9 Å². The molecule has 0 saturated carbocycles. The maximum absolute atomic E-state index is 5.91. The van der Waals surface area contributed by atoms with E-state index in [1.807, 2.05) is 12.1 Å². The van der Waals surface area contributed by atoms with Gasteiger partial charge in [0, 0.05) is 6.04 Å². The predicted molar refractivity (Wildman–Crippen MR) is 66.9 cm³/mol. The highest BCUT2D eigenvalue weighted by Gasteiger charge is 2.18. The molecular formula is C11H12ClN3S. The van der Waals surface area contributed by atoms with E-state index >= 15 is 0 Å². The van der Waals surface area contributed by atoms with Gasteiger partial charge in [-0.15, -0.1) is 11.3 Å². The van der Waals surface area contributed by atoms with Gasteiger partial charge in [0.1, 0.15) is 5.69 Å². The monoisotopic (exact) mass is 253 g/mol. The van der Waals surface area contributed by atoms with E-state index in [-0.39, 0.29) is 0 Å². The number of nitrogens with one attached hydrogen (secondary N) is 2. The molecule has 1 saturated heterocycles. The molecular weight excluding hydrogens is 242 g/mol. The standard InChI is InChI=1S/C11H12ClN3S/c12-11-4-3-10(16-11)9-6-8(14-15-9)7-2-1-5-13-7/h3-4,6-7,13H,1-2,5H2,(H,14,15). The number of hydrogen-bond donors (Lipinski definition) is 2. The summed E-state index contributed by atoms with van der Waals surface area (Å²) < 4.78 is 0.804. The molecule has 0 radical (unpaired) electrons. The largest absolute Gasteiger partial charge is 0.309 e. The van der Waals surface area contributed by atoms with Crippen molar-refractivity contribution in [1.29, 1.82) is 0 Å². The minimum absolute atomic E-state index is 0.441. The molecule has 2 N–H and O–H groups in total. The van der Waals surface area contributed by atoms with Gasteiger partial charge in [0.25, 0.3) is 0 Å². The fourth-order valence-electron chi connectivity index (χ4n) is 2.04. The van der Waals surface area contributed by atoms with Crippen molar-refractivity contribution < 1.29 is 0 Å². The van der Waals surface area contributed by atoms with Gasteiger partial charge >= 0.3 is 0 Å². The third kappa shape index (κ3) is 1.88. The summed E-state index contributed by atoms with van der Waals surface area (Å²) >= 11 is 7.47. The molecule has 1 aliphatic rings. The molecule has 0 aliphatic carbocycles. The Kier molecular flexibility index (Phi) is 2.71. The van der Waals surface area contributed by atoms with Crippen molar-refractivity contribution in [2.24, 2.45) is 0 Å². The zero-order valence-corrected chi connectivity index (χ0v) is 10.2. The molecule has 1 aliphatic heterocycles. The fourth-order valence-corrected chi connectivity index (χ4v) is 3.05. The highest BCUT2D eigenvalue weighted by molar-refractivity contribution is 7.19. The molecule has 84 valence electrons. The number of rotatable bonds is 2. The number of nitrogens with zero attached hydrogens (tertiary/aromatic N) is 1. The van der Waals surface area contributed by atoms with Crippen LogP contribution in [0.15, 0.2) is 18.2 Å². The van der Waals surface area contributed by atoms with Crippen molar-refractivity contribution in [1.82, 2.24) is 15.5 Å². The van der Waals surface area contributed by atoms with Crippen LogP contribution in [0, 0.1) is 0 Å². The van der Waals surface area contributed by atoms with E-state index < -0.39 is 0 Å². The van der Waals surface area contributed by atoms with Crippen LogP contribution in [0.5, 0.6) is 0 Å². The number of H-pyrrole nitrogens is 1. The van der Waals surface area contributed by atoms with Gasteiger partial charge < -0.3 is 5.32 Å². The molecule has 3 nitrogen and oxygen atoms in total. The Hall–Kier alpha value is -0.840. The summed E-state index contributed by atoms with van der Waals surface area (Å²) in [5.41, 5.74) is 2.16. The van der Waals surface area contributed by atoms with Crippen LogP contribution in [0.2, 0.25) is 4.34 Å². The summed E-state index contributed by atoms with van der Waals surface area (Å²) in [6, 6.07) is 6.47. The Balaban J connectivity index is 1.87. The molecule has 0 spiro atoms. The fraction of sp³-hybridized carbons (Fsp3) is 0.364. The van der Waals surface area contributed by atoms with Crippen molar-refractivity contribution in [3.05, 3.63) is 28.2 Å². The zero-order chi connectivity index (χ0) is 11.0. The highest BCUT2D eigenvalue weighted by atomic mass is 35.5. The lowest BCUT2D eigenvalue weighted by Gasteiger charge is -2.05. The number of halogens is 1. The lowest BCUT2D eigenvalue weighted by Crippen LogP contribution is -2.12. The normalized spacial score (nSPS) is 20.4. The Morgan fingerprint density at radius 2 is 2.38 bits per heavy atom. The third-order valence-corrected chi connectivity index (χ3v) is 4.11. The molecule has 5 heteroatoms. The minimum Gasteiger partial charge on any atom is -0.309 e. The van der Waals surface area contributed by atoms with E-state index in [9.17, 15) is 0 Å². The average Bonchev–Trinajstić information content (AvgIpc) is 2.97. The molecule has 0 aromatic carbocycles.